The van der Waals surface area contributed by atoms with Crippen molar-refractivity contribution >= 4 is 26.9 Å². The molecule has 0 spiro atoms. The van der Waals surface area contributed by atoms with Crippen molar-refractivity contribution in [3.63, 3.8) is 0 Å². The van der Waals surface area contributed by atoms with Crippen molar-refractivity contribution in [1.29, 1.82) is 0 Å². The molecule has 5 rings (SSSR count). The van der Waals surface area contributed by atoms with Crippen LogP contribution in [0.15, 0.2) is 87.3 Å². The van der Waals surface area contributed by atoms with Crippen LogP contribution in [0.5, 0.6) is 0 Å². The topological polar surface area (TPSA) is 130 Å². The second-order valence-corrected chi connectivity index (χ2v) is 11.8. The number of benzene rings is 3. The van der Waals surface area contributed by atoms with E-state index < -0.39 is 49.6 Å². The van der Waals surface area contributed by atoms with E-state index in [9.17, 15) is 35.6 Å². The van der Waals surface area contributed by atoms with Crippen molar-refractivity contribution in [2.45, 2.75) is 49.7 Å². The number of aromatic nitrogens is 4. The van der Waals surface area contributed by atoms with E-state index in [0.717, 1.165) is 18.6 Å². The predicted molar refractivity (Wildman–Crippen MR) is 157 cm³/mol. The maximum Gasteiger partial charge on any atom is 0.417 e. The highest BCUT2D eigenvalue weighted by molar-refractivity contribution is 7.92. The third-order valence-electron chi connectivity index (χ3n) is 7.15. The smallest absolute Gasteiger partial charge is 0.336 e. The Balaban J connectivity index is 1.54. The molecular weight excluding hydrogens is 602 g/mol. The molecule has 2 heterocycles. The van der Waals surface area contributed by atoms with Crippen LogP contribution in [0.3, 0.4) is 0 Å². The molecule has 0 aliphatic rings. The van der Waals surface area contributed by atoms with Crippen LogP contribution in [0.4, 0.5) is 23.2 Å². The summed E-state index contributed by atoms with van der Waals surface area (Å²) in [6.07, 6.45) is -3.36. The highest BCUT2D eigenvalue weighted by Gasteiger charge is 2.37. The molecule has 9 nitrogen and oxygen atoms in total. The van der Waals surface area contributed by atoms with Crippen molar-refractivity contribution in [2.75, 3.05) is 4.72 Å². The Morgan fingerprint density at radius 2 is 1.64 bits per heavy atom. The van der Waals surface area contributed by atoms with Crippen molar-refractivity contribution in [2.24, 2.45) is 0 Å². The number of unbranched alkanes of at least 4 members (excludes halogenated alkanes) is 1. The average Bonchev–Trinajstić information content (AvgIpc) is 3.42. The Hall–Kier alpha value is -4.72. The molecule has 1 unspecified atom stereocenters. The minimum absolute atomic E-state index is 0.00942. The van der Waals surface area contributed by atoms with E-state index in [4.69, 9.17) is 0 Å². The van der Waals surface area contributed by atoms with E-state index in [1.165, 1.54) is 41.0 Å². The van der Waals surface area contributed by atoms with Crippen LogP contribution in [-0.2, 0) is 29.2 Å². The fourth-order valence-corrected chi connectivity index (χ4v) is 6.22. The van der Waals surface area contributed by atoms with Gasteiger partial charge in [-0.25, -0.2) is 22.6 Å². The quantitative estimate of drug-likeness (QED) is 0.175. The Bertz CT molecular complexity index is 2030. The zero-order chi connectivity index (χ0) is 31.6. The van der Waals surface area contributed by atoms with Crippen LogP contribution in [-0.4, -0.2) is 27.9 Å². The number of aromatic amines is 2. The summed E-state index contributed by atoms with van der Waals surface area (Å²) < 4.78 is 84.5. The largest absolute Gasteiger partial charge is 0.417 e. The molecule has 0 amide bonds. The molecule has 0 saturated heterocycles. The lowest BCUT2D eigenvalue weighted by Crippen LogP contribution is -2.30. The number of anilines is 1. The van der Waals surface area contributed by atoms with E-state index in [-0.39, 0.29) is 29.1 Å². The molecule has 3 aromatic carbocycles. The first-order chi connectivity index (χ1) is 20.9. The van der Waals surface area contributed by atoms with E-state index in [2.05, 4.69) is 19.7 Å². The van der Waals surface area contributed by atoms with Gasteiger partial charge in [0.1, 0.15) is 17.2 Å². The minimum atomic E-state index is -4.88. The number of nitrogens with zero attached hydrogens (tertiary/aromatic N) is 2. The zero-order valence-electron chi connectivity index (χ0n) is 23.3. The Morgan fingerprint density at radius 1 is 0.955 bits per heavy atom. The highest BCUT2D eigenvalue weighted by atomic mass is 32.2. The van der Waals surface area contributed by atoms with Crippen molar-refractivity contribution in [3.8, 4) is 0 Å². The van der Waals surface area contributed by atoms with Gasteiger partial charge in [-0.2, -0.15) is 13.2 Å². The molecular formula is C30H27F4N5O4S. The third-order valence-corrected chi connectivity index (χ3v) is 8.59. The van der Waals surface area contributed by atoms with E-state index in [0.29, 0.717) is 30.2 Å². The molecule has 3 N–H and O–H groups in total. The summed E-state index contributed by atoms with van der Waals surface area (Å²) in [7, 11) is -4.61. The van der Waals surface area contributed by atoms with Crippen LogP contribution in [0, 0.1) is 5.82 Å². The number of nitrogens with one attached hydrogen (secondary N) is 3. The van der Waals surface area contributed by atoms with Crippen LogP contribution in [0.1, 0.15) is 48.2 Å². The molecule has 0 radical (unpaired) electrons. The van der Waals surface area contributed by atoms with Crippen molar-refractivity contribution in [3.05, 3.63) is 122 Å². The van der Waals surface area contributed by atoms with Crippen LogP contribution >= 0.6 is 0 Å². The normalized spacial score (nSPS) is 12.8. The lowest BCUT2D eigenvalue weighted by atomic mass is 9.91. The summed E-state index contributed by atoms with van der Waals surface area (Å²) in [6, 6.07) is 15.7. The molecule has 0 aliphatic heterocycles. The van der Waals surface area contributed by atoms with E-state index >= 15 is 0 Å². The number of fused-ring (bicyclic) bond motifs is 1. The minimum Gasteiger partial charge on any atom is -0.336 e. The van der Waals surface area contributed by atoms with Gasteiger partial charge in [-0.05, 0) is 54.3 Å². The SMILES string of the molecule is CCCCn1c(=O)[nH]c(=O)c2[nH]c(C(Cc3ccccc3F)c3ccc(NS(=O)(=O)c4ccccc4C(F)(F)F)cc3)nc21. The van der Waals surface area contributed by atoms with Crippen LogP contribution < -0.4 is 16.0 Å². The van der Waals surface area contributed by atoms with Gasteiger partial charge in [0, 0.05) is 18.2 Å². The highest BCUT2D eigenvalue weighted by Crippen LogP contribution is 2.35. The first-order valence-electron chi connectivity index (χ1n) is 13.6. The summed E-state index contributed by atoms with van der Waals surface area (Å²) in [4.78, 5) is 34.2. The number of imidazole rings is 1. The van der Waals surface area contributed by atoms with Crippen LogP contribution in [0.25, 0.3) is 11.2 Å². The van der Waals surface area contributed by atoms with Gasteiger partial charge in [-0.15, -0.1) is 0 Å². The van der Waals surface area contributed by atoms with E-state index in [1.807, 2.05) is 6.92 Å². The standard InChI is InChI=1S/C30H27F4N5O4S/c1-2-3-16-39-27-25(28(40)37-29(39)41)35-26(36-27)21(17-19-8-4-6-10-23(19)31)18-12-14-20(15-13-18)38-44(42,43)24-11-7-5-9-22(24)30(32,33)34/h4-15,21,38H,2-3,16-17H2,1H3,(H,35,36)(H,37,40,41). The maximum atomic E-state index is 14.7. The van der Waals surface area contributed by atoms with Crippen molar-refractivity contribution < 1.29 is 26.0 Å². The molecule has 1 atom stereocenters. The number of rotatable bonds is 10. The fourth-order valence-electron chi connectivity index (χ4n) is 4.93. The Morgan fingerprint density at radius 3 is 2.32 bits per heavy atom. The van der Waals surface area contributed by atoms with Gasteiger partial charge < -0.3 is 4.98 Å². The van der Waals surface area contributed by atoms with E-state index in [1.54, 1.807) is 18.2 Å². The monoisotopic (exact) mass is 629 g/mol. The molecule has 0 aliphatic carbocycles. The lowest BCUT2D eigenvalue weighted by Gasteiger charge is -2.17. The van der Waals surface area contributed by atoms with Gasteiger partial charge in [0.2, 0.25) is 0 Å². The number of halogens is 4. The molecule has 44 heavy (non-hydrogen) atoms. The molecule has 230 valence electrons. The number of hydrogen-bond acceptors (Lipinski definition) is 5. The summed E-state index contributed by atoms with van der Waals surface area (Å²) in [5.74, 6) is -0.902. The van der Waals surface area contributed by atoms with Gasteiger partial charge in [0.05, 0.1) is 10.5 Å². The Kier molecular flexibility index (Phi) is 8.46. The van der Waals surface area contributed by atoms with Crippen molar-refractivity contribution in [1.82, 2.24) is 19.5 Å². The van der Waals surface area contributed by atoms with Gasteiger partial charge in [0.15, 0.2) is 5.65 Å². The molecule has 0 bridgehead atoms. The zero-order valence-corrected chi connectivity index (χ0v) is 24.1. The van der Waals surface area contributed by atoms with Gasteiger partial charge >= 0.3 is 11.9 Å². The second kappa shape index (κ2) is 12.1. The summed E-state index contributed by atoms with van der Waals surface area (Å²) in [6.45, 7) is 2.27. The van der Waals surface area contributed by atoms with Gasteiger partial charge in [-0.1, -0.05) is 55.8 Å². The van der Waals surface area contributed by atoms with Gasteiger partial charge in [-0.3, -0.25) is 19.1 Å². The fraction of sp³-hybridized carbons (Fsp3) is 0.233. The number of H-pyrrole nitrogens is 2. The molecule has 5 aromatic rings. The van der Waals surface area contributed by atoms with Gasteiger partial charge in [0.25, 0.3) is 15.6 Å². The molecule has 0 saturated carbocycles. The first kappa shape index (κ1) is 30.7. The molecule has 14 heteroatoms. The first-order valence-corrected chi connectivity index (χ1v) is 15.1. The number of hydrogen-bond donors (Lipinski definition) is 3. The van der Waals surface area contributed by atoms with Crippen LogP contribution in [0.2, 0.25) is 0 Å². The second-order valence-electron chi connectivity index (χ2n) is 10.2. The predicted octanol–water partition coefficient (Wildman–Crippen LogP) is 5.55. The summed E-state index contributed by atoms with van der Waals surface area (Å²) in [5, 5.41) is 0. The maximum absolute atomic E-state index is 14.7. The molecule has 2 aromatic heterocycles. The lowest BCUT2D eigenvalue weighted by molar-refractivity contribution is -0.139. The number of sulfonamides is 1. The summed E-state index contributed by atoms with van der Waals surface area (Å²) in [5.41, 5.74) is -1.49. The number of aryl methyl sites for hydroxylation is 1. The Labute approximate surface area is 248 Å². The number of alkyl halides is 3. The average molecular weight is 630 g/mol. The molecule has 0 fully saturated rings. The third kappa shape index (κ3) is 6.30. The summed E-state index contributed by atoms with van der Waals surface area (Å²) >= 11 is 0.